The number of nitrogens with one attached hydrogen (secondary N) is 3. The molecule has 0 spiro atoms. The van der Waals surface area contributed by atoms with Gasteiger partial charge in [-0.2, -0.15) is 0 Å². The van der Waals surface area contributed by atoms with Gasteiger partial charge in [0.1, 0.15) is 0 Å². The van der Waals surface area contributed by atoms with Gasteiger partial charge in [-0.05, 0) is 114 Å². The standard InChI is InChI=1S/C22H20IN3O3S2/c1-14-10-15(2)12-19(11-14)26-31(28,29)20-8-6-18(7-9-20)24-22(30)25-21(27)16-4-3-5-17(23)13-16/h3-13,26H,1-2H3,(H2,24,25,27,30). The fraction of sp³-hybridized carbons (Fsp3) is 0.0909. The van der Waals surface area contributed by atoms with Gasteiger partial charge in [-0.15, -0.1) is 0 Å². The molecule has 3 rings (SSSR count). The second-order valence-corrected chi connectivity index (χ2v) is 10.3. The minimum Gasteiger partial charge on any atom is -0.332 e. The van der Waals surface area contributed by atoms with E-state index in [0.717, 1.165) is 14.7 Å². The molecule has 0 aliphatic rings. The van der Waals surface area contributed by atoms with Gasteiger partial charge in [-0.25, -0.2) is 8.42 Å². The third-order valence-electron chi connectivity index (χ3n) is 4.21. The second-order valence-electron chi connectivity index (χ2n) is 6.92. The molecule has 0 unspecified atom stereocenters. The average molecular weight is 565 g/mol. The molecule has 31 heavy (non-hydrogen) atoms. The van der Waals surface area contributed by atoms with Crippen molar-refractivity contribution in [2.24, 2.45) is 0 Å². The Morgan fingerprint density at radius 1 is 0.903 bits per heavy atom. The van der Waals surface area contributed by atoms with Crippen LogP contribution in [0.2, 0.25) is 0 Å². The van der Waals surface area contributed by atoms with Crippen LogP contribution in [-0.4, -0.2) is 19.4 Å². The van der Waals surface area contributed by atoms with Crippen LogP contribution in [0.25, 0.3) is 0 Å². The van der Waals surface area contributed by atoms with Crippen LogP contribution in [0, 0.1) is 17.4 Å². The first-order valence-electron chi connectivity index (χ1n) is 9.21. The number of hydrogen-bond donors (Lipinski definition) is 3. The normalized spacial score (nSPS) is 10.9. The zero-order valence-corrected chi connectivity index (χ0v) is 20.6. The molecule has 0 saturated heterocycles. The molecule has 1 amide bonds. The van der Waals surface area contributed by atoms with E-state index in [9.17, 15) is 13.2 Å². The molecule has 9 heteroatoms. The third-order valence-corrected chi connectivity index (χ3v) is 6.48. The van der Waals surface area contributed by atoms with Crippen molar-refractivity contribution in [1.82, 2.24) is 5.32 Å². The number of hydrogen-bond acceptors (Lipinski definition) is 4. The van der Waals surface area contributed by atoms with E-state index >= 15 is 0 Å². The van der Waals surface area contributed by atoms with Crippen LogP contribution in [-0.2, 0) is 10.0 Å². The summed E-state index contributed by atoms with van der Waals surface area (Å²) in [7, 11) is -3.73. The average Bonchev–Trinajstić information content (AvgIpc) is 2.67. The molecule has 0 aliphatic carbocycles. The number of amides is 1. The number of carbonyl (C=O) groups is 1. The number of aryl methyl sites for hydroxylation is 2. The lowest BCUT2D eigenvalue weighted by molar-refractivity contribution is 0.0977. The number of thiocarbonyl (C=S) groups is 1. The summed E-state index contributed by atoms with van der Waals surface area (Å²) in [5.74, 6) is -0.326. The highest BCUT2D eigenvalue weighted by Crippen LogP contribution is 2.20. The van der Waals surface area contributed by atoms with Crippen LogP contribution in [0.1, 0.15) is 21.5 Å². The van der Waals surface area contributed by atoms with Gasteiger partial charge in [-0.1, -0.05) is 12.1 Å². The Morgan fingerprint density at radius 3 is 2.16 bits per heavy atom. The summed E-state index contributed by atoms with van der Waals surface area (Å²) in [6.07, 6.45) is 0. The maximum Gasteiger partial charge on any atom is 0.261 e. The number of benzene rings is 3. The van der Waals surface area contributed by atoms with E-state index in [1.54, 1.807) is 42.5 Å². The van der Waals surface area contributed by atoms with Gasteiger partial charge in [0.2, 0.25) is 0 Å². The van der Waals surface area contributed by atoms with Crippen LogP contribution >= 0.6 is 34.8 Å². The van der Waals surface area contributed by atoms with Crippen molar-refractivity contribution in [1.29, 1.82) is 0 Å². The smallest absolute Gasteiger partial charge is 0.261 e. The van der Waals surface area contributed by atoms with E-state index in [1.807, 2.05) is 26.0 Å². The quantitative estimate of drug-likeness (QED) is 0.305. The fourth-order valence-corrected chi connectivity index (χ4v) is 4.73. The van der Waals surface area contributed by atoms with Crippen LogP contribution in [0.15, 0.2) is 71.6 Å². The van der Waals surface area contributed by atoms with Gasteiger partial charge >= 0.3 is 0 Å². The molecule has 0 aromatic heterocycles. The van der Waals surface area contributed by atoms with Crippen molar-refractivity contribution in [2.45, 2.75) is 18.7 Å². The highest BCUT2D eigenvalue weighted by atomic mass is 127. The summed E-state index contributed by atoms with van der Waals surface area (Å²) in [5.41, 5.74) is 3.50. The number of anilines is 2. The van der Waals surface area contributed by atoms with Crippen molar-refractivity contribution < 1.29 is 13.2 Å². The minimum atomic E-state index is -3.73. The Labute approximate surface area is 200 Å². The van der Waals surface area contributed by atoms with Gasteiger partial charge in [-0.3, -0.25) is 14.8 Å². The first kappa shape index (κ1) is 23.2. The van der Waals surface area contributed by atoms with Gasteiger partial charge in [0.05, 0.1) is 4.90 Å². The van der Waals surface area contributed by atoms with E-state index in [0.29, 0.717) is 16.9 Å². The summed E-state index contributed by atoms with van der Waals surface area (Å²) in [6.45, 7) is 3.82. The van der Waals surface area contributed by atoms with E-state index in [-0.39, 0.29) is 15.9 Å². The lowest BCUT2D eigenvalue weighted by Gasteiger charge is -2.12. The summed E-state index contributed by atoms with van der Waals surface area (Å²) in [6, 6.07) is 18.7. The summed E-state index contributed by atoms with van der Waals surface area (Å²) in [4.78, 5) is 12.4. The molecule has 3 aromatic carbocycles. The predicted octanol–water partition coefficient (Wildman–Crippen LogP) is 4.84. The Bertz CT molecular complexity index is 1220. The number of sulfonamides is 1. The SMILES string of the molecule is Cc1cc(C)cc(NS(=O)(=O)c2ccc(NC(=S)NC(=O)c3cccc(I)c3)cc2)c1. The van der Waals surface area contributed by atoms with Crippen LogP contribution in [0.3, 0.4) is 0 Å². The topological polar surface area (TPSA) is 87.3 Å². The first-order valence-corrected chi connectivity index (χ1v) is 12.2. The van der Waals surface area contributed by atoms with Crippen LogP contribution in [0.4, 0.5) is 11.4 Å². The molecule has 0 aliphatic heterocycles. The molecule has 0 saturated carbocycles. The first-order chi connectivity index (χ1) is 14.6. The van der Waals surface area contributed by atoms with Crippen molar-refractivity contribution in [3.05, 3.63) is 87.0 Å². The Balaban J connectivity index is 1.65. The molecule has 3 N–H and O–H groups in total. The Morgan fingerprint density at radius 2 is 1.55 bits per heavy atom. The summed E-state index contributed by atoms with van der Waals surface area (Å²) < 4.78 is 28.9. The van der Waals surface area contributed by atoms with Crippen LogP contribution in [0.5, 0.6) is 0 Å². The molecule has 160 valence electrons. The molecule has 0 atom stereocenters. The molecule has 0 bridgehead atoms. The van der Waals surface area contributed by atoms with Gasteiger partial charge in [0, 0.05) is 20.5 Å². The van der Waals surface area contributed by atoms with E-state index in [4.69, 9.17) is 12.2 Å². The largest absolute Gasteiger partial charge is 0.332 e. The lowest BCUT2D eigenvalue weighted by Crippen LogP contribution is -2.34. The molecule has 0 fully saturated rings. The highest BCUT2D eigenvalue weighted by Gasteiger charge is 2.15. The molecular formula is C22H20IN3O3S2. The van der Waals surface area contributed by atoms with Crippen molar-refractivity contribution in [2.75, 3.05) is 10.0 Å². The summed E-state index contributed by atoms with van der Waals surface area (Å²) >= 11 is 7.31. The number of halogens is 1. The second kappa shape index (κ2) is 9.75. The maximum absolute atomic E-state index is 12.7. The van der Waals surface area contributed by atoms with E-state index in [2.05, 4.69) is 37.9 Å². The molecule has 0 heterocycles. The molecule has 6 nitrogen and oxygen atoms in total. The monoisotopic (exact) mass is 565 g/mol. The van der Waals surface area contributed by atoms with Crippen molar-refractivity contribution >= 4 is 67.2 Å². The number of carbonyl (C=O) groups excluding carboxylic acids is 1. The maximum atomic E-state index is 12.7. The zero-order chi connectivity index (χ0) is 22.6. The van der Waals surface area contributed by atoms with E-state index < -0.39 is 10.0 Å². The van der Waals surface area contributed by atoms with E-state index in [1.165, 1.54) is 12.1 Å². The Hall–Kier alpha value is -2.50. The molecule has 0 radical (unpaired) electrons. The minimum absolute atomic E-state index is 0.117. The highest BCUT2D eigenvalue weighted by molar-refractivity contribution is 14.1. The van der Waals surface area contributed by atoms with Crippen molar-refractivity contribution in [3.63, 3.8) is 0 Å². The lowest BCUT2D eigenvalue weighted by atomic mass is 10.1. The van der Waals surface area contributed by atoms with Crippen LogP contribution < -0.4 is 15.4 Å². The molecule has 3 aromatic rings. The molecular weight excluding hydrogens is 545 g/mol. The van der Waals surface area contributed by atoms with Gasteiger partial charge in [0.15, 0.2) is 5.11 Å². The van der Waals surface area contributed by atoms with Gasteiger partial charge in [0.25, 0.3) is 15.9 Å². The predicted molar refractivity (Wildman–Crippen MR) is 136 cm³/mol. The zero-order valence-electron chi connectivity index (χ0n) is 16.8. The van der Waals surface area contributed by atoms with Crippen molar-refractivity contribution in [3.8, 4) is 0 Å². The Kier molecular flexibility index (Phi) is 7.29. The van der Waals surface area contributed by atoms with Gasteiger partial charge < -0.3 is 5.32 Å². The summed E-state index contributed by atoms with van der Waals surface area (Å²) in [5, 5.41) is 5.61. The fourth-order valence-electron chi connectivity index (χ4n) is 2.93. The third kappa shape index (κ3) is 6.49. The number of rotatable bonds is 5.